The highest BCUT2D eigenvalue weighted by Crippen LogP contribution is 2.13. The molecule has 0 radical (unpaired) electrons. The molecule has 2 nitrogen and oxygen atoms in total. The molecule has 88 valence electrons. The number of rotatable bonds is 4. The number of hydrogen-bond acceptors (Lipinski definition) is 2. The van der Waals surface area contributed by atoms with Crippen LogP contribution in [-0.2, 0) is 5.75 Å². The topological polar surface area (TPSA) is 29.1 Å². The maximum Gasteiger partial charge on any atom is 0.279 e. The minimum Gasteiger partial charge on any atom is -0.344 e. The van der Waals surface area contributed by atoms with Crippen LogP contribution in [0.25, 0.3) is 0 Å². The number of carbonyl (C=O) groups excluding carboxylic acids is 1. The van der Waals surface area contributed by atoms with Gasteiger partial charge in [0.2, 0.25) is 0 Å². The van der Waals surface area contributed by atoms with Crippen molar-refractivity contribution in [3.63, 3.8) is 0 Å². The summed E-state index contributed by atoms with van der Waals surface area (Å²) in [5.74, 6) is 1.21. The van der Waals surface area contributed by atoms with Crippen LogP contribution in [0.4, 0.5) is 4.79 Å². The van der Waals surface area contributed by atoms with Crippen LogP contribution in [0, 0.1) is 5.92 Å². The summed E-state index contributed by atoms with van der Waals surface area (Å²) in [7, 11) is 0. The summed E-state index contributed by atoms with van der Waals surface area (Å²) in [5.41, 5.74) is 1.18. The van der Waals surface area contributed by atoms with Crippen molar-refractivity contribution < 1.29 is 4.79 Å². The Bertz CT molecular complexity index is 324. The number of thioether (sulfide) groups is 1. The van der Waals surface area contributed by atoms with Crippen molar-refractivity contribution >= 4 is 17.0 Å². The molecule has 0 saturated carbocycles. The summed E-state index contributed by atoms with van der Waals surface area (Å²) in [5, 5.41) is 3.03. The highest BCUT2D eigenvalue weighted by atomic mass is 32.2. The van der Waals surface area contributed by atoms with Gasteiger partial charge in [-0.2, -0.15) is 0 Å². The molecule has 0 fully saturated rings. The lowest BCUT2D eigenvalue weighted by atomic mass is 10.1. The Morgan fingerprint density at radius 3 is 2.44 bits per heavy atom. The van der Waals surface area contributed by atoms with Crippen LogP contribution in [0.1, 0.15) is 26.3 Å². The number of hydrogen-bond donors (Lipinski definition) is 1. The van der Waals surface area contributed by atoms with Gasteiger partial charge >= 0.3 is 0 Å². The monoisotopic (exact) mass is 237 g/mol. The van der Waals surface area contributed by atoms with Gasteiger partial charge in [0, 0.05) is 11.8 Å². The van der Waals surface area contributed by atoms with Crippen LogP contribution in [0.15, 0.2) is 30.3 Å². The Labute approximate surface area is 102 Å². The molecule has 16 heavy (non-hydrogen) atoms. The fraction of sp³-hybridized carbons (Fsp3) is 0.462. The Morgan fingerprint density at radius 1 is 1.25 bits per heavy atom. The molecule has 0 spiro atoms. The van der Waals surface area contributed by atoms with Crippen LogP contribution in [0.5, 0.6) is 0 Å². The third-order valence-corrected chi connectivity index (χ3v) is 3.42. The van der Waals surface area contributed by atoms with E-state index in [0.717, 1.165) is 5.75 Å². The molecule has 0 aliphatic carbocycles. The highest BCUT2D eigenvalue weighted by molar-refractivity contribution is 8.12. The molecule has 3 heteroatoms. The van der Waals surface area contributed by atoms with Crippen molar-refractivity contribution in [2.75, 3.05) is 0 Å². The summed E-state index contributed by atoms with van der Waals surface area (Å²) < 4.78 is 0. The minimum atomic E-state index is 0.0602. The second kappa shape index (κ2) is 6.59. The molecular formula is C13H19NOS. The zero-order valence-electron chi connectivity index (χ0n) is 10.1. The summed E-state index contributed by atoms with van der Waals surface area (Å²) in [6, 6.07) is 10.3. The van der Waals surface area contributed by atoms with Crippen molar-refractivity contribution in [3.8, 4) is 0 Å². The zero-order chi connectivity index (χ0) is 12.0. The van der Waals surface area contributed by atoms with Crippen molar-refractivity contribution in [2.45, 2.75) is 32.6 Å². The molecule has 1 unspecified atom stereocenters. The quantitative estimate of drug-likeness (QED) is 0.865. The zero-order valence-corrected chi connectivity index (χ0v) is 10.9. The highest BCUT2D eigenvalue weighted by Gasteiger charge is 2.10. The second-order valence-electron chi connectivity index (χ2n) is 4.24. The first kappa shape index (κ1) is 13.1. The average molecular weight is 237 g/mol. The second-order valence-corrected chi connectivity index (χ2v) is 5.19. The van der Waals surface area contributed by atoms with Crippen molar-refractivity contribution in [2.24, 2.45) is 5.92 Å². The van der Waals surface area contributed by atoms with Crippen LogP contribution in [0.3, 0.4) is 0 Å². The van der Waals surface area contributed by atoms with Gasteiger partial charge in [0.1, 0.15) is 0 Å². The third-order valence-electron chi connectivity index (χ3n) is 2.56. The number of amides is 1. The van der Waals surface area contributed by atoms with Crippen LogP contribution in [-0.4, -0.2) is 11.3 Å². The molecule has 0 bridgehead atoms. The lowest BCUT2D eigenvalue weighted by Gasteiger charge is -2.16. The fourth-order valence-electron chi connectivity index (χ4n) is 1.12. The minimum absolute atomic E-state index is 0.0602. The van der Waals surface area contributed by atoms with Crippen LogP contribution >= 0.6 is 11.8 Å². The van der Waals surface area contributed by atoms with E-state index in [-0.39, 0.29) is 11.3 Å². The van der Waals surface area contributed by atoms with E-state index in [9.17, 15) is 4.79 Å². The summed E-state index contributed by atoms with van der Waals surface area (Å²) >= 11 is 1.33. The fourth-order valence-corrected chi connectivity index (χ4v) is 1.88. The summed E-state index contributed by atoms with van der Waals surface area (Å²) in [4.78, 5) is 11.6. The number of carbonyl (C=O) groups is 1. The molecule has 0 saturated heterocycles. The van der Waals surface area contributed by atoms with Crippen LogP contribution in [0.2, 0.25) is 0 Å². The Kier molecular flexibility index (Phi) is 5.39. The number of benzene rings is 1. The van der Waals surface area contributed by atoms with Gasteiger partial charge in [-0.3, -0.25) is 4.79 Å². The third kappa shape index (κ3) is 4.71. The molecule has 0 aliphatic rings. The Hall–Kier alpha value is -0.960. The van der Waals surface area contributed by atoms with E-state index in [1.807, 2.05) is 37.3 Å². The molecule has 1 atom stereocenters. The molecule has 1 aromatic rings. The molecule has 1 rings (SSSR count). The molecule has 1 N–H and O–H groups in total. The van der Waals surface area contributed by atoms with E-state index < -0.39 is 0 Å². The van der Waals surface area contributed by atoms with E-state index in [2.05, 4.69) is 19.2 Å². The van der Waals surface area contributed by atoms with E-state index in [1.165, 1.54) is 17.3 Å². The lowest BCUT2D eigenvalue weighted by Crippen LogP contribution is -2.33. The maximum absolute atomic E-state index is 11.6. The molecule has 1 amide bonds. The van der Waals surface area contributed by atoms with Gasteiger partial charge in [0.15, 0.2) is 0 Å². The standard InChI is InChI=1S/C13H19NOS/c1-10(2)11(3)14-13(15)16-9-12-7-5-4-6-8-12/h4-8,10-11H,9H2,1-3H3,(H,14,15). The molecule has 0 heterocycles. The van der Waals surface area contributed by atoms with Crippen molar-refractivity contribution in [1.82, 2.24) is 5.32 Å². The van der Waals surface area contributed by atoms with E-state index >= 15 is 0 Å². The SMILES string of the molecule is CC(C)C(C)NC(=O)SCc1ccccc1. The van der Waals surface area contributed by atoms with Gasteiger partial charge in [-0.05, 0) is 18.4 Å². The first-order valence-corrected chi connectivity index (χ1v) is 6.55. The Balaban J connectivity index is 2.31. The first-order valence-electron chi connectivity index (χ1n) is 5.57. The average Bonchev–Trinajstić information content (AvgIpc) is 2.27. The largest absolute Gasteiger partial charge is 0.344 e. The van der Waals surface area contributed by atoms with Gasteiger partial charge in [-0.25, -0.2) is 0 Å². The first-order chi connectivity index (χ1) is 7.59. The van der Waals surface area contributed by atoms with Gasteiger partial charge in [-0.15, -0.1) is 0 Å². The van der Waals surface area contributed by atoms with Gasteiger partial charge in [0.05, 0.1) is 0 Å². The molecular weight excluding hydrogens is 218 g/mol. The van der Waals surface area contributed by atoms with E-state index in [1.54, 1.807) is 0 Å². The predicted molar refractivity (Wildman–Crippen MR) is 70.6 cm³/mol. The van der Waals surface area contributed by atoms with Crippen molar-refractivity contribution in [1.29, 1.82) is 0 Å². The smallest absolute Gasteiger partial charge is 0.279 e. The Morgan fingerprint density at radius 2 is 1.88 bits per heavy atom. The number of nitrogens with one attached hydrogen (secondary N) is 1. The molecule has 0 aromatic heterocycles. The summed E-state index contributed by atoms with van der Waals surface area (Å²) in [6.07, 6.45) is 0. The van der Waals surface area contributed by atoms with Gasteiger partial charge < -0.3 is 5.32 Å². The lowest BCUT2D eigenvalue weighted by molar-refractivity contribution is 0.255. The molecule has 1 aromatic carbocycles. The van der Waals surface area contributed by atoms with E-state index in [4.69, 9.17) is 0 Å². The maximum atomic E-state index is 11.6. The van der Waals surface area contributed by atoms with Gasteiger partial charge in [0.25, 0.3) is 5.24 Å². The van der Waals surface area contributed by atoms with E-state index in [0.29, 0.717) is 5.92 Å². The van der Waals surface area contributed by atoms with Gasteiger partial charge in [-0.1, -0.05) is 55.9 Å². The predicted octanol–water partition coefficient (Wildman–Crippen LogP) is 3.67. The molecule has 0 aliphatic heterocycles. The summed E-state index contributed by atoms with van der Waals surface area (Å²) in [6.45, 7) is 6.24. The van der Waals surface area contributed by atoms with Crippen molar-refractivity contribution in [3.05, 3.63) is 35.9 Å². The van der Waals surface area contributed by atoms with Crippen LogP contribution < -0.4 is 5.32 Å². The normalized spacial score (nSPS) is 12.5.